The van der Waals surface area contributed by atoms with Crippen LogP contribution in [0.5, 0.6) is 0 Å². The van der Waals surface area contributed by atoms with Crippen LogP contribution in [0.3, 0.4) is 0 Å². The molecule has 0 aromatic carbocycles. The molecule has 0 fully saturated rings. The highest BCUT2D eigenvalue weighted by atomic mass is 32.2. The molecule has 0 saturated carbocycles. The summed E-state index contributed by atoms with van der Waals surface area (Å²) < 4.78 is 21.7. The molecule has 0 aromatic rings. The van der Waals surface area contributed by atoms with Crippen LogP contribution in [0.1, 0.15) is 6.92 Å². The number of sulfone groups is 1. The number of amides is 1. The van der Waals surface area contributed by atoms with Crippen molar-refractivity contribution in [1.82, 2.24) is 5.32 Å². The Morgan fingerprint density at radius 1 is 1.53 bits per heavy atom. The monoisotopic (exact) mass is 254 g/mol. The minimum atomic E-state index is -2.93. The molecular weight excluding hydrogens is 236 g/mol. The summed E-state index contributed by atoms with van der Waals surface area (Å²) >= 11 is 1.40. The molecule has 0 spiro atoms. The zero-order chi connectivity index (χ0) is 12.1. The first-order valence-electron chi connectivity index (χ1n) is 4.45. The van der Waals surface area contributed by atoms with Crippen LogP contribution in [-0.4, -0.2) is 50.4 Å². The molecule has 0 aliphatic heterocycles. The van der Waals surface area contributed by atoms with Crippen LogP contribution in [0, 0.1) is 0 Å². The van der Waals surface area contributed by atoms with E-state index in [2.05, 4.69) is 5.32 Å². The molecular formula is C8H18N2O3S2. The van der Waals surface area contributed by atoms with Crippen LogP contribution >= 0.6 is 11.8 Å². The molecule has 0 aliphatic rings. The first-order chi connectivity index (χ1) is 6.71. The third-order valence-corrected chi connectivity index (χ3v) is 4.56. The van der Waals surface area contributed by atoms with E-state index in [9.17, 15) is 13.2 Å². The van der Waals surface area contributed by atoms with E-state index in [0.29, 0.717) is 11.5 Å². The quantitative estimate of drug-likeness (QED) is 0.582. The van der Waals surface area contributed by atoms with E-state index < -0.39 is 21.3 Å². The molecule has 0 heterocycles. The van der Waals surface area contributed by atoms with E-state index in [4.69, 9.17) is 5.73 Å². The van der Waals surface area contributed by atoms with Crippen molar-refractivity contribution in [3.8, 4) is 0 Å². The molecule has 3 N–H and O–H groups in total. The lowest BCUT2D eigenvalue weighted by Gasteiger charge is -2.24. The number of nitrogens with one attached hydrogen (secondary N) is 1. The van der Waals surface area contributed by atoms with Crippen molar-refractivity contribution in [2.75, 3.05) is 30.6 Å². The number of rotatable bonds is 7. The lowest BCUT2D eigenvalue weighted by atomic mass is 10.1. The van der Waals surface area contributed by atoms with E-state index in [1.807, 2.05) is 0 Å². The van der Waals surface area contributed by atoms with Gasteiger partial charge in [0.15, 0.2) is 0 Å². The second kappa shape index (κ2) is 5.72. The highest BCUT2D eigenvalue weighted by Gasteiger charge is 2.28. The molecule has 0 bridgehead atoms. The summed E-state index contributed by atoms with van der Waals surface area (Å²) in [5, 5.41) is 2.83. The molecule has 7 heteroatoms. The third-order valence-electron chi connectivity index (χ3n) is 2.08. The summed E-state index contributed by atoms with van der Waals surface area (Å²) in [6.07, 6.45) is 1.19. The van der Waals surface area contributed by atoms with Crippen LogP contribution < -0.4 is 11.1 Å². The van der Waals surface area contributed by atoms with Crippen molar-refractivity contribution in [3.05, 3.63) is 0 Å². The zero-order valence-electron chi connectivity index (χ0n) is 9.24. The van der Waals surface area contributed by atoms with Crippen LogP contribution in [0.25, 0.3) is 0 Å². The van der Waals surface area contributed by atoms with Crippen LogP contribution in [0.4, 0.5) is 0 Å². The Morgan fingerprint density at radius 2 is 2.07 bits per heavy atom. The van der Waals surface area contributed by atoms with Gasteiger partial charge in [-0.2, -0.15) is 11.8 Å². The molecule has 1 atom stereocenters. The average Bonchev–Trinajstić information content (AvgIpc) is 2.10. The topological polar surface area (TPSA) is 89.3 Å². The summed E-state index contributed by atoms with van der Waals surface area (Å²) in [7, 11) is -1.27. The standard InChI is InChI=1S/C8H18N2O3S2/c1-8(10-2,7(9)11)6-14-4-5-15(3,12)13/h10H,4-6H2,1-3H3,(H2,9,11). The molecule has 0 saturated heterocycles. The summed E-state index contributed by atoms with van der Waals surface area (Å²) in [6, 6.07) is 0. The molecule has 15 heavy (non-hydrogen) atoms. The summed E-state index contributed by atoms with van der Waals surface area (Å²) in [4.78, 5) is 11.1. The van der Waals surface area contributed by atoms with Gasteiger partial charge in [-0.1, -0.05) is 0 Å². The maximum absolute atomic E-state index is 11.1. The van der Waals surface area contributed by atoms with Gasteiger partial charge in [0.05, 0.1) is 5.75 Å². The lowest BCUT2D eigenvalue weighted by molar-refractivity contribution is -0.122. The second-order valence-electron chi connectivity index (χ2n) is 3.63. The number of carbonyl (C=O) groups excluding carboxylic acids is 1. The number of carbonyl (C=O) groups is 1. The Balaban J connectivity index is 3.99. The maximum atomic E-state index is 11.1. The van der Waals surface area contributed by atoms with Crippen molar-refractivity contribution in [3.63, 3.8) is 0 Å². The van der Waals surface area contributed by atoms with Crippen LogP contribution in [-0.2, 0) is 14.6 Å². The van der Waals surface area contributed by atoms with Gasteiger partial charge in [0.1, 0.15) is 15.4 Å². The first kappa shape index (κ1) is 14.7. The highest BCUT2D eigenvalue weighted by molar-refractivity contribution is 8.00. The van der Waals surface area contributed by atoms with Crippen molar-refractivity contribution in [1.29, 1.82) is 0 Å². The van der Waals surface area contributed by atoms with Gasteiger partial charge < -0.3 is 11.1 Å². The van der Waals surface area contributed by atoms with Gasteiger partial charge in [-0.25, -0.2) is 8.42 Å². The van der Waals surface area contributed by atoms with Crippen LogP contribution in [0.2, 0.25) is 0 Å². The van der Waals surface area contributed by atoms with Crippen molar-refractivity contribution >= 4 is 27.5 Å². The number of nitrogens with two attached hydrogens (primary N) is 1. The highest BCUT2D eigenvalue weighted by Crippen LogP contribution is 2.12. The first-order valence-corrected chi connectivity index (χ1v) is 7.67. The fourth-order valence-corrected chi connectivity index (χ4v) is 3.27. The van der Waals surface area contributed by atoms with E-state index >= 15 is 0 Å². The minimum Gasteiger partial charge on any atom is -0.368 e. The smallest absolute Gasteiger partial charge is 0.238 e. The molecule has 90 valence electrons. The molecule has 0 radical (unpaired) electrons. The maximum Gasteiger partial charge on any atom is 0.238 e. The Kier molecular flexibility index (Phi) is 5.61. The second-order valence-corrected chi connectivity index (χ2v) is 6.99. The number of likely N-dealkylation sites (N-methyl/N-ethyl adjacent to an activating group) is 1. The van der Waals surface area contributed by atoms with Gasteiger partial charge in [0, 0.05) is 17.8 Å². The summed E-state index contributed by atoms with van der Waals surface area (Å²) in [5.41, 5.74) is 4.44. The van der Waals surface area contributed by atoms with Gasteiger partial charge in [-0.3, -0.25) is 4.79 Å². The van der Waals surface area contributed by atoms with Crippen molar-refractivity contribution in [2.24, 2.45) is 5.73 Å². The normalized spacial score (nSPS) is 15.9. The lowest BCUT2D eigenvalue weighted by Crippen LogP contribution is -2.53. The third kappa shape index (κ3) is 6.01. The molecule has 1 amide bonds. The molecule has 1 unspecified atom stereocenters. The Labute approximate surface area is 95.1 Å². The number of hydrogen-bond acceptors (Lipinski definition) is 5. The summed E-state index contributed by atoms with van der Waals surface area (Å²) in [6.45, 7) is 1.70. The SMILES string of the molecule is CNC(C)(CSCCS(C)(=O)=O)C(N)=O. The number of hydrogen-bond donors (Lipinski definition) is 2. The molecule has 0 rings (SSSR count). The van der Waals surface area contributed by atoms with E-state index in [-0.39, 0.29) is 5.75 Å². The van der Waals surface area contributed by atoms with Gasteiger partial charge in [-0.05, 0) is 14.0 Å². The van der Waals surface area contributed by atoms with E-state index in [1.54, 1.807) is 14.0 Å². The predicted molar refractivity (Wildman–Crippen MR) is 63.7 cm³/mol. The average molecular weight is 254 g/mol. The zero-order valence-corrected chi connectivity index (χ0v) is 10.9. The van der Waals surface area contributed by atoms with E-state index in [1.165, 1.54) is 18.0 Å². The minimum absolute atomic E-state index is 0.121. The van der Waals surface area contributed by atoms with E-state index in [0.717, 1.165) is 0 Å². The number of primary amides is 1. The predicted octanol–water partition coefficient (Wildman–Crippen LogP) is -0.772. The fourth-order valence-electron chi connectivity index (χ4n) is 0.753. The van der Waals surface area contributed by atoms with Crippen molar-refractivity contribution in [2.45, 2.75) is 12.5 Å². The van der Waals surface area contributed by atoms with Crippen molar-refractivity contribution < 1.29 is 13.2 Å². The van der Waals surface area contributed by atoms with Gasteiger partial charge in [-0.15, -0.1) is 0 Å². The van der Waals surface area contributed by atoms with Crippen LogP contribution in [0.15, 0.2) is 0 Å². The molecule has 0 aliphatic carbocycles. The molecule has 0 aromatic heterocycles. The Bertz CT molecular complexity index is 316. The summed E-state index contributed by atoms with van der Waals surface area (Å²) in [5.74, 6) is 0.630. The number of thioether (sulfide) groups is 1. The van der Waals surface area contributed by atoms with Gasteiger partial charge in [0.25, 0.3) is 0 Å². The molecule has 5 nitrogen and oxygen atoms in total. The van der Waals surface area contributed by atoms with Gasteiger partial charge >= 0.3 is 0 Å². The Morgan fingerprint density at radius 3 is 2.40 bits per heavy atom. The van der Waals surface area contributed by atoms with Gasteiger partial charge in [0.2, 0.25) is 5.91 Å². The fraction of sp³-hybridized carbons (Fsp3) is 0.875. The largest absolute Gasteiger partial charge is 0.368 e. The Hall–Kier alpha value is -0.270.